The molecule has 2 amide bonds. The van der Waals surface area contributed by atoms with E-state index in [2.05, 4.69) is 58.6 Å². The Morgan fingerprint density at radius 1 is 1.00 bits per heavy atom. The highest BCUT2D eigenvalue weighted by Gasteiger charge is 2.46. The van der Waals surface area contributed by atoms with E-state index in [0.717, 1.165) is 75.1 Å². The third-order valence-corrected chi connectivity index (χ3v) is 10.4. The summed E-state index contributed by atoms with van der Waals surface area (Å²) in [6, 6.07) is 17.0. The van der Waals surface area contributed by atoms with Crippen molar-refractivity contribution in [2.24, 2.45) is 23.5 Å². The monoisotopic (exact) mass is 572 g/mol. The van der Waals surface area contributed by atoms with Gasteiger partial charge in [-0.25, -0.2) is 0 Å². The number of amides is 2. The average Bonchev–Trinajstić information content (AvgIpc) is 3.41. The molecular weight excluding hydrogens is 536 g/mol. The fourth-order valence-electron chi connectivity index (χ4n) is 7.68. The number of piperidine rings is 1. The van der Waals surface area contributed by atoms with Gasteiger partial charge in [0.25, 0.3) is 11.8 Å². The lowest BCUT2D eigenvalue weighted by molar-refractivity contribution is 0.0696. The summed E-state index contributed by atoms with van der Waals surface area (Å²) < 4.78 is 9.01. The smallest absolute Gasteiger partial charge is 0.267 e. The summed E-state index contributed by atoms with van der Waals surface area (Å²) in [5, 5.41) is 2.19. The normalized spacial score (nSPS) is 21.4. The summed E-state index contributed by atoms with van der Waals surface area (Å²) >= 11 is 0. The fraction of sp³-hybridized carbons (Fsp3) is 0.361. The number of aromatic nitrogens is 2. The maximum absolute atomic E-state index is 13.6. The van der Waals surface area contributed by atoms with E-state index in [9.17, 15) is 9.59 Å². The molecule has 2 aromatic carbocycles. The molecule has 2 aliphatic carbocycles. The zero-order chi connectivity index (χ0) is 29.6. The zero-order valence-electron chi connectivity index (χ0n) is 24.9. The predicted molar refractivity (Wildman–Crippen MR) is 168 cm³/mol. The second-order valence-corrected chi connectivity index (χ2v) is 13.1. The van der Waals surface area contributed by atoms with E-state index in [-0.39, 0.29) is 5.91 Å². The zero-order valence-corrected chi connectivity index (χ0v) is 24.9. The van der Waals surface area contributed by atoms with E-state index in [1.807, 2.05) is 25.1 Å². The van der Waals surface area contributed by atoms with Gasteiger partial charge in [0.15, 0.2) is 5.76 Å². The van der Waals surface area contributed by atoms with Crippen molar-refractivity contribution in [3.05, 3.63) is 77.1 Å². The first-order valence-electron chi connectivity index (χ1n) is 15.5. The molecule has 4 heterocycles. The molecule has 3 atom stereocenters. The van der Waals surface area contributed by atoms with Crippen LogP contribution in [0.3, 0.4) is 0 Å². The summed E-state index contributed by atoms with van der Waals surface area (Å²) in [5.74, 6) is 2.35. The van der Waals surface area contributed by atoms with Gasteiger partial charge in [0, 0.05) is 58.3 Å². The molecule has 1 saturated heterocycles. The number of nitrogens with two attached hydrogens (primary N) is 1. The Hall–Kier alpha value is -4.39. The van der Waals surface area contributed by atoms with Gasteiger partial charge in [0.1, 0.15) is 11.3 Å². The van der Waals surface area contributed by atoms with E-state index in [1.54, 1.807) is 6.20 Å². The third-order valence-electron chi connectivity index (χ3n) is 10.4. The lowest BCUT2D eigenvalue weighted by atomic mass is 10.0. The Morgan fingerprint density at radius 3 is 2.53 bits per heavy atom. The molecule has 8 rings (SSSR count). The minimum Gasteiger partial charge on any atom is -0.454 e. The SMILES string of the molecule is Cc1cc(-c2ccc3cc(-c4oc5cc(C(=O)N6CC7CCC6[C@@H]7C)ccc5c4C)n(CC4CC4)c3c2)cnc1C(N)=O. The first kappa shape index (κ1) is 26.3. The standard InChI is InChI=1S/C36H36N4O3/c1-19-12-27(16-38-33(19)35(37)41)23-6-7-24-14-31(39(30(24)13-23)17-22-4-5-22)34-21(3)28-10-8-25(15-32(28)43-34)36(42)40-18-26-9-11-29(40)20(26)2/h6-8,10,12-16,20,22,26,29H,4-5,9,11,17-18H2,1-3H3,(H2,37,41)/t20-,26?,29?/m1/s1. The van der Waals surface area contributed by atoms with E-state index in [0.29, 0.717) is 35.1 Å². The summed E-state index contributed by atoms with van der Waals surface area (Å²) in [6.07, 6.45) is 6.55. The molecule has 3 aliphatic rings. The minimum atomic E-state index is -0.516. The number of furan rings is 1. The van der Waals surface area contributed by atoms with Gasteiger partial charge >= 0.3 is 0 Å². The molecular formula is C36H36N4O3. The van der Waals surface area contributed by atoms with Crippen molar-refractivity contribution >= 4 is 33.7 Å². The summed E-state index contributed by atoms with van der Waals surface area (Å²) in [4.78, 5) is 31.7. The van der Waals surface area contributed by atoms with Crippen LogP contribution in [0.15, 0.2) is 59.1 Å². The highest BCUT2D eigenvalue weighted by Crippen LogP contribution is 2.44. The number of carbonyl (C=O) groups is 2. The second kappa shape index (κ2) is 9.56. The van der Waals surface area contributed by atoms with Gasteiger partial charge in [-0.3, -0.25) is 14.6 Å². The third kappa shape index (κ3) is 4.20. The maximum atomic E-state index is 13.6. The number of primary amides is 1. The number of hydrogen-bond donors (Lipinski definition) is 1. The van der Waals surface area contributed by atoms with Crippen LogP contribution in [0.4, 0.5) is 0 Å². The summed E-state index contributed by atoms with van der Waals surface area (Å²) in [7, 11) is 0. The van der Waals surface area contributed by atoms with Crippen molar-refractivity contribution in [2.45, 2.75) is 59.0 Å². The largest absolute Gasteiger partial charge is 0.454 e. The quantitative estimate of drug-likeness (QED) is 0.235. The van der Waals surface area contributed by atoms with E-state index in [4.69, 9.17) is 10.2 Å². The van der Waals surface area contributed by atoms with Crippen LogP contribution in [-0.4, -0.2) is 38.9 Å². The molecule has 5 aromatic rings. The van der Waals surface area contributed by atoms with Crippen molar-refractivity contribution in [1.29, 1.82) is 0 Å². The van der Waals surface area contributed by atoms with Gasteiger partial charge in [-0.1, -0.05) is 25.1 Å². The second-order valence-electron chi connectivity index (χ2n) is 13.1. The van der Waals surface area contributed by atoms with Crippen LogP contribution < -0.4 is 5.73 Å². The van der Waals surface area contributed by atoms with Crippen molar-refractivity contribution in [2.75, 3.05) is 6.54 Å². The Balaban J connectivity index is 1.19. The molecule has 218 valence electrons. The van der Waals surface area contributed by atoms with E-state index in [1.165, 1.54) is 19.3 Å². The van der Waals surface area contributed by atoms with Gasteiger partial charge in [0.2, 0.25) is 0 Å². The van der Waals surface area contributed by atoms with Crippen molar-refractivity contribution in [1.82, 2.24) is 14.5 Å². The molecule has 7 nitrogen and oxygen atoms in total. The molecule has 1 aliphatic heterocycles. The van der Waals surface area contributed by atoms with Gasteiger partial charge in [-0.05, 0) is 98.7 Å². The minimum absolute atomic E-state index is 0.125. The van der Waals surface area contributed by atoms with Crippen LogP contribution in [0.2, 0.25) is 0 Å². The van der Waals surface area contributed by atoms with Crippen LogP contribution in [0.1, 0.15) is 64.6 Å². The van der Waals surface area contributed by atoms with Crippen molar-refractivity contribution in [3.63, 3.8) is 0 Å². The van der Waals surface area contributed by atoms with Crippen LogP contribution in [0.5, 0.6) is 0 Å². The van der Waals surface area contributed by atoms with Gasteiger partial charge in [-0.2, -0.15) is 0 Å². The molecule has 2 unspecified atom stereocenters. The van der Waals surface area contributed by atoms with Crippen LogP contribution in [-0.2, 0) is 6.54 Å². The molecule has 43 heavy (non-hydrogen) atoms. The number of hydrogen-bond acceptors (Lipinski definition) is 4. The molecule has 3 aromatic heterocycles. The lowest BCUT2D eigenvalue weighted by Gasteiger charge is -2.27. The van der Waals surface area contributed by atoms with Gasteiger partial charge < -0.3 is 19.6 Å². The fourth-order valence-corrected chi connectivity index (χ4v) is 7.68. The van der Waals surface area contributed by atoms with Gasteiger partial charge in [0.05, 0.1) is 5.69 Å². The summed E-state index contributed by atoms with van der Waals surface area (Å²) in [5.41, 5.74) is 13.3. The average molecular weight is 573 g/mol. The number of nitrogens with zero attached hydrogens (tertiary/aromatic N) is 3. The predicted octanol–water partition coefficient (Wildman–Crippen LogP) is 7.11. The molecule has 3 fully saturated rings. The van der Waals surface area contributed by atoms with E-state index < -0.39 is 5.91 Å². The van der Waals surface area contributed by atoms with Crippen molar-refractivity contribution in [3.8, 4) is 22.6 Å². The lowest BCUT2D eigenvalue weighted by Crippen LogP contribution is -2.38. The molecule has 0 spiro atoms. The highest BCUT2D eigenvalue weighted by molar-refractivity contribution is 6.00. The topological polar surface area (TPSA) is 94.4 Å². The maximum Gasteiger partial charge on any atom is 0.267 e. The number of carbonyl (C=O) groups excluding carboxylic acids is 2. The van der Waals surface area contributed by atoms with Crippen LogP contribution >= 0.6 is 0 Å². The van der Waals surface area contributed by atoms with E-state index >= 15 is 0 Å². The molecule has 0 radical (unpaired) electrons. The highest BCUT2D eigenvalue weighted by atomic mass is 16.3. The molecule has 2 saturated carbocycles. The Labute approximate surface area is 250 Å². The number of likely N-dealkylation sites (tertiary alicyclic amines) is 1. The summed E-state index contributed by atoms with van der Waals surface area (Å²) in [6.45, 7) is 8.07. The first-order valence-corrected chi connectivity index (χ1v) is 15.5. The number of benzene rings is 2. The number of fused-ring (bicyclic) bond motifs is 4. The number of rotatable bonds is 6. The van der Waals surface area contributed by atoms with Gasteiger partial charge in [-0.15, -0.1) is 0 Å². The molecule has 2 bridgehead atoms. The Bertz CT molecular complexity index is 1960. The molecule has 7 heteroatoms. The van der Waals surface area contributed by atoms with Crippen LogP contribution in [0, 0.1) is 31.6 Å². The first-order chi connectivity index (χ1) is 20.8. The van der Waals surface area contributed by atoms with Crippen LogP contribution in [0.25, 0.3) is 44.5 Å². The Morgan fingerprint density at radius 2 is 1.84 bits per heavy atom. The van der Waals surface area contributed by atoms with Crippen molar-refractivity contribution < 1.29 is 14.0 Å². The number of aryl methyl sites for hydroxylation is 2. The Kier molecular flexibility index (Phi) is 5.84. The molecule has 2 N–H and O–H groups in total. The number of pyridine rings is 1.